The van der Waals surface area contributed by atoms with Crippen molar-refractivity contribution in [2.45, 2.75) is 13.5 Å². The van der Waals surface area contributed by atoms with Crippen LogP contribution in [0.15, 0.2) is 41.8 Å². The summed E-state index contributed by atoms with van der Waals surface area (Å²) < 4.78 is 5.12. The van der Waals surface area contributed by atoms with Crippen LogP contribution < -0.4 is 20.7 Å². The molecule has 0 saturated carbocycles. The molecule has 3 N–H and O–H groups in total. The van der Waals surface area contributed by atoms with E-state index in [-0.39, 0.29) is 19.0 Å². The quantitative estimate of drug-likeness (QED) is 0.594. The number of amides is 4. The Morgan fingerprint density at radius 3 is 2.57 bits per heavy atom. The van der Waals surface area contributed by atoms with Crippen molar-refractivity contribution in [1.29, 1.82) is 0 Å². The molecule has 2 rings (SSSR count). The van der Waals surface area contributed by atoms with Gasteiger partial charge in [-0.1, -0.05) is 19.1 Å². The lowest BCUT2D eigenvalue weighted by atomic mass is 10.3. The van der Waals surface area contributed by atoms with Crippen LogP contribution in [0.4, 0.5) is 10.5 Å². The van der Waals surface area contributed by atoms with E-state index < -0.39 is 11.9 Å². The Kier molecular flexibility index (Phi) is 8.44. The van der Waals surface area contributed by atoms with Crippen molar-refractivity contribution in [1.82, 2.24) is 15.5 Å². The van der Waals surface area contributed by atoms with Crippen LogP contribution >= 0.6 is 11.3 Å². The van der Waals surface area contributed by atoms with Crippen LogP contribution in [0, 0.1) is 0 Å². The second-order valence-corrected chi connectivity index (χ2v) is 6.93. The summed E-state index contributed by atoms with van der Waals surface area (Å²) in [4.78, 5) is 38.7. The molecule has 1 heterocycles. The highest BCUT2D eigenvalue weighted by molar-refractivity contribution is 7.09. The van der Waals surface area contributed by atoms with E-state index in [2.05, 4.69) is 16.0 Å². The minimum absolute atomic E-state index is 0.0257. The Bertz CT molecular complexity index is 795. The molecule has 0 radical (unpaired) electrons. The number of carbonyl (C=O) groups is 3. The summed E-state index contributed by atoms with van der Waals surface area (Å²) in [5.41, 5.74) is 0.609. The topological polar surface area (TPSA) is 99.8 Å². The molecule has 28 heavy (non-hydrogen) atoms. The number of imide groups is 1. The number of likely N-dealkylation sites (N-methyl/N-ethyl adjacent to an activating group) is 1. The first-order valence-electron chi connectivity index (χ1n) is 8.76. The summed E-state index contributed by atoms with van der Waals surface area (Å²) in [5.74, 6) is -0.0946. The fourth-order valence-corrected chi connectivity index (χ4v) is 3.02. The highest BCUT2D eigenvalue weighted by Gasteiger charge is 2.15. The fraction of sp³-hybridized carbons (Fsp3) is 0.316. The maximum absolute atomic E-state index is 12.2. The Balaban J connectivity index is 1.76. The van der Waals surface area contributed by atoms with Crippen LogP contribution in [-0.2, 0) is 16.1 Å². The minimum Gasteiger partial charge on any atom is -0.497 e. The maximum atomic E-state index is 12.2. The van der Waals surface area contributed by atoms with Gasteiger partial charge in [0.2, 0.25) is 11.8 Å². The van der Waals surface area contributed by atoms with Gasteiger partial charge in [0.25, 0.3) is 0 Å². The molecule has 0 aliphatic carbocycles. The molecule has 2 aromatic rings. The van der Waals surface area contributed by atoms with Crippen LogP contribution in [0.2, 0.25) is 0 Å². The van der Waals surface area contributed by atoms with E-state index in [0.29, 0.717) is 24.5 Å². The number of methoxy groups -OCH3 is 1. The van der Waals surface area contributed by atoms with Gasteiger partial charge in [0.1, 0.15) is 5.75 Å². The van der Waals surface area contributed by atoms with E-state index in [1.54, 1.807) is 36.3 Å². The number of anilines is 1. The van der Waals surface area contributed by atoms with Crippen LogP contribution in [0.1, 0.15) is 11.8 Å². The molecule has 0 saturated heterocycles. The molecular formula is C19H24N4O4S. The molecule has 0 atom stereocenters. The summed E-state index contributed by atoms with van der Waals surface area (Å²) in [6.07, 6.45) is 0. The molecule has 150 valence electrons. The number of ether oxygens (including phenoxy) is 1. The standard InChI is InChI=1S/C19H24N4O4S/c1-3-23(12-17(24)21-14-6-4-7-15(10-14)27-2)13-18(25)22-19(26)20-11-16-8-5-9-28-16/h4-10H,3,11-13H2,1-2H3,(H,21,24)(H2,20,22,25,26). The van der Waals surface area contributed by atoms with Crippen molar-refractivity contribution in [3.05, 3.63) is 46.7 Å². The van der Waals surface area contributed by atoms with E-state index >= 15 is 0 Å². The van der Waals surface area contributed by atoms with Gasteiger partial charge in [-0.3, -0.25) is 19.8 Å². The highest BCUT2D eigenvalue weighted by Crippen LogP contribution is 2.16. The third-order valence-electron chi connectivity index (χ3n) is 3.79. The zero-order chi connectivity index (χ0) is 20.4. The number of benzene rings is 1. The summed E-state index contributed by atoms with van der Waals surface area (Å²) in [5, 5.41) is 9.57. The molecule has 8 nitrogen and oxygen atoms in total. The lowest BCUT2D eigenvalue weighted by Crippen LogP contribution is -2.45. The molecule has 0 fully saturated rings. The molecule has 0 spiro atoms. The molecular weight excluding hydrogens is 380 g/mol. The lowest BCUT2D eigenvalue weighted by Gasteiger charge is -2.19. The molecule has 4 amide bonds. The third kappa shape index (κ3) is 7.37. The molecule has 0 aliphatic rings. The van der Waals surface area contributed by atoms with Gasteiger partial charge in [-0.05, 0) is 30.1 Å². The fourth-order valence-electron chi connectivity index (χ4n) is 2.38. The number of hydrogen-bond acceptors (Lipinski definition) is 6. The summed E-state index contributed by atoms with van der Waals surface area (Å²) in [7, 11) is 1.55. The zero-order valence-corrected chi connectivity index (χ0v) is 16.7. The van der Waals surface area contributed by atoms with Crippen molar-refractivity contribution < 1.29 is 19.1 Å². The minimum atomic E-state index is -0.560. The molecule has 0 unspecified atom stereocenters. The number of urea groups is 1. The van der Waals surface area contributed by atoms with Crippen LogP contribution in [-0.4, -0.2) is 49.5 Å². The summed E-state index contributed by atoms with van der Waals surface area (Å²) >= 11 is 1.52. The SMILES string of the molecule is CCN(CC(=O)NC(=O)NCc1cccs1)CC(=O)Nc1cccc(OC)c1. The van der Waals surface area contributed by atoms with Gasteiger partial charge in [0, 0.05) is 16.6 Å². The number of hydrogen-bond donors (Lipinski definition) is 3. The number of thiophene rings is 1. The number of rotatable bonds is 9. The average Bonchev–Trinajstić information content (AvgIpc) is 3.19. The van der Waals surface area contributed by atoms with E-state index in [1.165, 1.54) is 11.3 Å². The molecule has 0 aliphatic heterocycles. The third-order valence-corrected chi connectivity index (χ3v) is 4.67. The molecule has 0 bridgehead atoms. The Labute approximate surface area is 167 Å². The normalized spacial score (nSPS) is 10.4. The smallest absolute Gasteiger partial charge is 0.321 e. The first kappa shape index (κ1) is 21.4. The summed E-state index contributed by atoms with van der Waals surface area (Å²) in [6.45, 7) is 2.64. The average molecular weight is 404 g/mol. The van der Waals surface area contributed by atoms with Gasteiger partial charge in [-0.25, -0.2) is 4.79 Å². The Morgan fingerprint density at radius 1 is 1.11 bits per heavy atom. The van der Waals surface area contributed by atoms with Crippen LogP contribution in [0.25, 0.3) is 0 Å². The number of carbonyl (C=O) groups excluding carboxylic acids is 3. The van der Waals surface area contributed by atoms with E-state index in [4.69, 9.17) is 4.74 Å². The Morgan fingerprint density at radius 2 is 1.89 bits per heavy atom. The van der Waals surface area contributed by atoms with Crippen molar-refractivity contribution in [3.63, 3.8) is 0 Å². The van der Waals surface area contributed by atoms with Crippen molar-refractivity contribution >= 4 is 34.9 Å². The number of nitrogens with one attached hydrogen (secondary N) is 3. The van der Waals surface area contributed by atoms with E-state index in [1.807, 2.05) is 24.4 Å². The van der Waals surface area contributed by atoms with Gasteiger partial charge in [-0.2, -0.15) is 0 Å². The zero-order valence-electron chi connectivity index (χ0n) is 15.9. The number of nitrogens with zero attached hydrogens (tertiary/aromatic N) is 1. The monoisotopic (exact) mass is 404 g/mol. The second-order valence-electron chi connectivity index (χ2n) is 5.89. The van der Waals surface area contributed by atoms with E-state index in [9.17, 15) is 14.4 Å². The van der Waals surface area contributed by atoms with Crippen molar-refractivity contribution in [3.8, 4) is 5.75 Å². The van der Waals surface area contributed by atoms with E-state index in [0.717, 1.165) is 4.88 Å². The maximum Gasteiger partial charge on any atom is 0.321 e. The lowest BCUT2D eigenvalue weighted by molar-refractivity contribution is -0.122. The second kappa shape index (κ2) is 11.1. The molecule has 1 aromatic heterocycles. The first-order chi connectivity index (χ1) is 13.5. The Hall–Kier alpha value is -2.91. The van der Waals surface area contributed by atoms with Gasteiger partial charge < -0.3 is 15.4 Å². The summed E-state index contributed by atoms with van der Waals surface area (Å²) in [6, 6.07) is 10.2. The van der Waals surface area contributed by atoms with Gasteiger partial charge in [-0.15, -0.1) is 11.3 Å². The highest BCUT2D eigenvalue weighted by atomic mass is 32.1. The predicted octanol–water partition coefficient (Wildman–Crippen LogP) is 2.04. The van der Waals surface area contributed by atoms with Crippen LogP contribution in [0.5, 0.6) is 5.75 Å². The predicted molar refractivity (Wildman–Crippen MR) is 108 cm³/mol. The van der Waals surface area contributed by atoms with Gasteiger partial charge >= 0.3 is 6.03 Å². The molecule has 9 heteroatoms. The molecule has 1 aromatic carbocycles. The van der Waals surface area contributed by atoms with Crippen molar-refractivity contribution in [2.75, 3.05) is 32.1 Å². The largest absolute Gasteiger partial charge is 0.497 e. The van der Waals surface area contributed by atoms with Crippen LogP contribution in [0.3, 0.4) is 0 Å². The van der Waals surface area contributed by atoms with Gasteiger partial charge in [0.05, 0.1) is 26.7 Å². The van der Waals surface area contributed by atoms with Gasteiger partial charge in [0.15, 0.2) is 0 Å². The first-order valence-corrected chi connectivity index (χ1v) is 9.64. The van der Waals surface area contributed by atoms with Crippen molar-refractivity contribution in [2.24, 2.45) is 0 Å².